The molecule has 3 aromatic carbocycles. The van der Waals surface area contributed by atoms with Crippen molar-refractivity contribution >= 4 is 17.6 Å². The SMILES string of the molecule is Cc1cc(C(=O)O)ccc1-c1ccccc1C(C)OC[C@H](O)CNC(C)(C)Cc1ccc(Cl)cc1F. The Labute approximate surface area is 216 Å². The molecule has 0 aliphatic carbocycles. The second-order valence-electron chi connectivity index (χ2n) is 9.73. The number of rotatable bonds is 11. The first-order valence-corrected chi connectivity index (χ1v) is 12.3. The number of carbonyl (C=O) groups is 1. The smallest absolute Gasteiger partial charge is 0.335 e. The highest BCUT2D eigenvalue weighted by Gasteiger charge is 2.22. The van der Waals surface area contributed by atoms with Crippen LogP contribution in [0.5, 0.6) is 0 Å². The van der Waals surface area contributed by atoms with Gasteiger partial charge >= 0.3 is 5.97 Å². The van der Waals surface area contributed by atoms with Gasteiger partial charge in [0.2, 0.25) is 0 Å². The van der Waals surface area contributed by atoms with Crippen molar-refractivity contribution in [2.45, 2.75) is 51.9 Å². The van der Waals surface area contributed by atoms with Gasteiger partial charge < -0.3 is 20.3 Å². The second kappa shape index (κ2) is 12.0. The maximum atomic E-state index is 14.2. The Morgan fingerprint density at radius 1 is 1.11 bits per heavy atom. The van der Waals surface area contributed by atoms with E-state index >= 15 is 0 Å². The Balaban J connectivity index is 1.60. The minimum atomic E-state index is -0.960. The van der Waals surface area contributed by atoms with E-state index in [9.17, 15) is 19.4 Å². The molecule has 192 valence electrons. The number of hydrogen-bond acceptors (Lipinski definition) is 4. The van der Waals surface area contributed by atoms with E-state index in [4.69, 9.17) is 16.3 Å². The van der Waals surface area contributed by atoms with Crippen LogP contribution in [0.4, 0.5) is 4.39 Å². The van der Waals surface area contributed by atoms with Crippen molar-refractivity contribution in [2.24, 2.45) is 0 Å². The lowest BCUT2D eigenvalue weighted by molar-refractivity contribution is -0.00398. The topological polar surface area (TPSA) is 78.8 Å². The van der Waals surface area contributed by atoms with Gasteiger partial charge in [-0.3, -0.25) is 0 Å². The molecule has 0 amide bonds. The number of halogens is 2. The van der Waals surface area contributed by atoms with E-state index in [0.717, 1.165) is 22.3 Å². The Morgan fingerprint density at radius 2 is 1.83 bits per heavy atom. The highest BCUT2D eigenvalue weighted by Crippen LogP contribution is 2.32. The fourth-order valence-electron chi connectivity index (χ4n) is 4.20. The quantitative estimate of drug-likeness (QED) is 0.284. The fourth-order valence-corrected chi connectivity index (χ4v) is 4.36. The van der Waals surface area contributed by atoms with Crippen LogP contribution in [0.25, 0.3) is 11.1 Å². The molecule has 1 unspecified atom stereocenters. The van der Waals surface area contributed by atoms with Crippen molar-refractivity contribution in [2.75, 3.05) is 13.2 Å². The normalized spacial score (nSPS) is 13.4. The molecule has 5 nitrogen and oxygen atoms in total. The lowest BCUT2D eigenvalue weighted by atomic mass is 9.92. The van der Waals surface area contributed by atoms with E-state index in [1.54, 1.807) is 24.3 Å². The molecule has 0 aliphatic rings. The van der Waals surface area contributed by atoms with Crippen LogP contribution < -0.4 is 5.32 Å². The lowest BCUT2D eigenvalue weighted by Gasteiger charge is -2.28. The van der Waals surface area contributed by atoms with Crippen molar-refractivity contribution in [3.05, 3.63) is 93.8 Å². The molecule has 7 heteroatoms. The summed E-state index contributed by atoms with van der Waals surface area (Å²) in [5.74, 6) is -1.31. The van der Waals surface area contributed by atoms with Gasteiger partial charge in [-0.15, -0.1) is 0 Å². The molecule has 0 heterocycles. The Hall–Kier alpha value is -2.77. The number of ether oxygens (including phenoxy) is 1. The van der Waals surface area contributed by atoms with Gasteiger partial charge in [0.15, 0.2) is 0 Å². The number of aryl methyl sites for hydroxylation is 1. The number of aliphatic hydroxyl groups excluding tert-OH is 1. The number of hydrogen-bond donors (Lipinski definition) is 3. The van der Waals surface area contributed by atoms with E-state index in [0.29, 0.717) is 17.0 Å². The molecule has 36 heavy (non-hydrogen) atoms. The third-order valence-electron chi connectivity index (χ3n) is 6.16. The summed E-state index contributed by atoms with van der Waals surface area (Å²) in [5, 5.41) is 23.5. The summed E-state index contributed by atoms with van der Waals surface area (Å²) >= 11 is 5.84. The lowest BCUT2D eigenvalue weighted by Crippen LogP contribution is -2.46. The van der Waals surface area contributed by atoms with Crippen LogP contribution in [0.15, 0.2) is 60.7 Å². The zero-order valence-corrected chi connectivity index (χ0v) is 21.8. The summed E-state index contributed by atoms with van der Waals surface area (Å²) in [5.41, 5.74) is 4.05. The molecular formula is C29H33ClFNO4. The van der Waals surface area contributed by atoms with E-state index < -0.39 is 17.6 Å². The molecule has 0 aromatic heterocycles. The standard InChI is InChI=1S/C29H33ClFNO4/c1-18-13-20(28(34)35)10-12-24(18)26-8-6-5-7-25(26)19(2)36-17-23(33)16-32-29(3,4)15-21-9-11-22(30)14-27(21)31/h5-14,19,23,32-33H,15-17H2,1-4H3,(H,34,35)/t19?,23-/m1/s1. The summed E-state index contributed by atoms with van der Waals surface area (Å²) in [6.45, 7) is 8.11. The highest BCUT2D eigenvalue weighted by atomic mass is 35.5. The maximum Gasteiger partial charge on any atom is 0.335 e. The molecule has 0 spiro atoms. The maximum absolute atomic E-state index is 14.2. The first-order valence-electron chi connectivity index (χ1n) is 11.9. The Bertz CT molecular complexity index is 1210. The number of benzene rings is 3. The predicted octanol–water partition coefficient (Wildman–Crippen LogP) is 6.20. The summed E-state index contributed by atoms with van der Waals surface area (Å²) in [7, 11) is 0. The number of carboxylic acid groups (broad SMARTS) is 1. The second-order valence-corrected chi connectivity index (χ2v) is 10.2. The number of β-amino-alcohol motifs (C(OH)–C–C–N with tert-alkyl or cyclic N) is 1. The van der Waals surface area contributed by atoms with Crippen molar-refractivity contribution in [3.63, 3.8) is 0 Å². The van der Waals surface area contributed by atoms with Gasteiger partial charge in [-0.25, -0.2) is 9.18 Å². The minimum Gasteiger partial charge on any atom is -0.478 e. The number of aromatic carboxylic acids is 1. The van der Waals surface area contributed by atoms with Gasteiger partial charge in [0.05, 0.1) is 24.4 Å². The van der Waals surface area contributed by atoms with E-state index in [-0.39, 0.29) is 30.6 Å². The van der Waals surface area contributed by atoms with Crippen molar-refractivity contribution in [1.29, 1.82) is 0 Å². The average molecular weight is 514 g/mol. The van der Waals surface area contributed by atoms with Crippen LogP contribution in [0, 0.1) is 12.7 Å². The number of carboxylic acids is 1. The Morgan fingerprint density at radius 3 is 2.50 bits per heavy atom. The van der Waals surface area contributed by atoms with Crippen LogP contribution in [0.2, 0.25) is 5.02 Å². The summed E-state index contributed by atoms with van der Waals surface area (Å²) in [6.07, 6.45) is -0.621. The van der Waals surface area contributed by atoms with Crippen LogP contribution in [-0.4, -0.2) is 41.0 Å². The molecular weight excluding hydrogens is 481 g/mol. The van der Waals surface area contributed by atoms with Gasteiger partial charge in [0.1, 0.15) is 5.82 Å². The summed E-state index contributed by atoms with van der Waals surface area (Å²) in [4.78, 5) is 11.3. The van der Waals surface area contributed by atoms with Gasteiger partial charge in [0.25, 0.3) is 0 Å². The summed E-state index contributed by atoms with van der Waals surface area (Å²) in [6, 6.07) is 17.5. The molecule has 0 bridgehead atoms. The zero-order valence-electron chi connectivity index (χ0n) is 21.0. The Kier molecular flexibility index (Phi) is 9.25. The number of nitrogens with one attached hydrogen (secondary N) is 1. The van der Waals surface area contributed by atoms with Crippen LogP contribution in [-0.2, 0) is 11.2 Å². The predicted molar refractivity (Wildman–Crippen MR) is 141 cm³/mol. The molecule has 0 fully saturated rings. The third kappa shape index (κ3) is 7.37. The first kappa shape index (κ1) is 27.8. The molecule has 0 aliphatic heterocycles. The van der Waals surface area contributed by atoms with E-state index in [1.807, 2.05) is 58.0 Å². The van der Waals surface area contributed by atoms with Crippen molar-refractivity contribution < 1.29 is 24.1 Å². The first-order chi connectivity index (χ1) is 17.0. The minimum absolute atomic E-state index is 0.116. The van der Waals surface area contributed by atoms with Crippen LogP contribution in [0.3, 0.4) is 0 Å². The van der Waals surface area contributed by atoms with Gasteiger partial charge in [-0.1, -0.05) is 48.0 Å². The summed E-state index contributed by atoms with van der Waals surface area (Å²) < 4.78 is 20.2. The average Bonchev–Trinajstić information content (AvgIpc) is 2.83. The van der Waals surface area contributed by atoms with Gasteiger partial charge in [0, 0.05) is 17.1 Å². The largest absolute Gasteiger partial charge is 0.478 e. The molecule has 2 atom stereocenters. The molecule has 3 aromatic rings. The molecule has 3 rings (SSSR count). The zero-order chi connectivity index (χ0) is 26.5. The third-order valence-corrected chi connectivity index (χ3v) is 6.40. The van der Waals surface area contributed by atoms with Crippen LogP contribution in [0.1, 0.15) is 53.9 Å². The molecule has 0 radical (unpaired) electrons. The van der Waals surface area contributed by atoms with E-state index in [2.05, 4.69) is 5.32 Å². The van der Waals surface area contributed by atoms with Gasteiger partial charge in [-0.2, -0.15) is 0 Å². The number of aliphatic hydroxyl groups is 1. The van der Waals surface area contributed by atoms with Crippen molar-refractivity contribution in [1.82, 2.24) is 5.32 Å². The van der Waals surface area contributed by atoms with E-state index in [1.165, 1.54) is 6.07 Å². The van der Waals surface area contributed by atoms with Crippen LogP contribution >= 0.6 is 11.6 Å². The van der Waals surface area contributed by atoms with Gasteiger partial charge in [-0.05, 0) is 86.2 Å². The molecule has 0 saturated carbocycles. The fraction of sp³-hybridized carbons (Fsp3) is 0.345. The molecule has 3 N–H and O–H groups in total. The molecule has 0 saturated heterocycles. The monoisotopic (exact) mass is 513 g/mol. The highest BCUT2D eigenvalue weighted by molar-refractivity contribution is 6.30. The van der Waals surface area contributed by atoms with Crippen molar-refractivity contribution in [3.8, 4) is 11.1 Å².